The number of nitriles is 1. The Morgan fingerprint density at radius 2 is 1.83 bits per heavy atom. The highest BCUT2D eigenvalue weighted by Gasteiger charge is 2.34. The molecule has 0 bridgehead atoms. The van der Waals surface area contributed by atoms with Crippen molar-refractivity contribution in [1.29, 1.82) is 5.26 Å². The standard InChI is InChI=1S/C26H24N4O6/c1-15-12-22-24(26(31)29(15)11-10-16-4-9-20(34-2)21(13-16)35-3)23(19(14-27)25(28)36-22)17-5-7-18(8-6-17)30(32)33/h4-9,12-13,23H,10-11,28H2,1-3H3/t23-/m1/s1. The molecule has 0 saturated carbocycles. The third kappa shape index (κ3) is 4.34. The second-order valence-electron chi connectivity index (χ2n) is 8.23. The maximum atomic E-state index is 13.8. The third-order valence-electron chi connectivity index (χ3n) is 6.20. The van der Waals surface area contributed by atoms with Crippen molar-refractivity contribution in [3.05, 3.63) is 103 Å². The number of hydrogen-bond donors (Lipinski definition) is 1. The van der Waals surface area contributed by atoms with Gasteiger partial charge in [0.2, 0.25) is 5.88 Å². The first-order chi connectivity index (χ1) is 17.3. The Hall–Kier alpha value is -4.78. The molecule has 36 heavy (non-hydrogen) atoms. The predicted octanol–water partition coefficient (Wildman–Crippen LogP) is 3.54. The fourth-order valence-electron chi connectivity index (χ4n) is 4.36. The number of benzene rings is 2. The van der Waals surface area contributed by atoms with Crippen molar-refractivity contribution < 1.29 is 19.1 Å². The highest BCUT2D eigenvalue weighted by atomic mass is 16.6. The summed E-state index contributed by atoms with van der Waals surface area (Å²) in [5.41, 5.74) is 8.07. The lowest BCUT2D eigenvalue weighted by Crippen LogP contribution is -2.33. The Morgan fingerprint density at radius 1 is 1.14 bits per heavy atom. The number of nitrogens with zero attached hydrogens (tertiary/aromatic N) is 3. The molecule has 2 N–H and O–H groups in total. The molecule has 1 aromatic heterocycles. The molecular formula is C26H24N4O6. The van der Waals surface area contributed by atoms with E-state index >= 15 is 0 Å². The number of methoxy groups -OCH3 is 2. The van der Waals surface area contributed by atoms with E-state index in [1.807, 2.05) is 24.3 Å². The quantitative estimate of drug-likeness (QED) is 0.393. The van der Waals surface area contributed by atoms with Gasteiger partial charge in [-0.15, -0.1) is 0 Å². The monoisotopic (exact) mass is 488 g/mol. The topological polar surface area (TPSA) is 143 Å². The highest BCUT2D eigenvalue weighted by Crippen LogP contribution is 2.40. The Labute approximate surface area is 206 Å². The number of ether oxygens (including phenoxy) is 3. The zero-order valence-corrected chi connectivity index (χ0v) is 20.0. The van der Waals surface area contributed by atoms with Crippen LogP contribution in [0.25, 0.3) is 0 Å². The molecule has 0 aliphatic carbocycles. The van der Waals surface area contributed by atoms with E-state index in [2.05, 4.69) is 0 Å². The van der Waals surface area contributed by atoms with Crippen LogP contribution in [0.15, 0.2) is 64.8 Å². The van der Waals surface area contributed by atoms with Gasteiger partial charge in [-0.1, -0.05) is 18.2 Å². The van der Waals surface area contributed by atoms with Crippen LogP contribution in [0.2, 0.25) is 0 Å². The highest BCUT2D eigenvalue weighted by molar-refractivity contribution is 5.56. The molecule has 1 aliphatic rings. The first-order valence-electron chi connectivity index (χ1n) is 11.1. The van der Waals surface area contributed by atoms with Crippen LogP contribution < -0.4 is 25.5 Å². The maximum absolute atomic E-state index is 13.8. The van der Waals surface area contributed by atoms with Gasteiger partial charge in [0, 0.05) is 30.4 Å². The van der Waals surface area contributed by atoms with E-state index in [1.165, 1.54) is 24.3 Å². The van der Waals surface area contributed by atoms with Crippen LogP contribution in [0, 0.1) is 28.4 Å². The van der Waals surface area contributed by atoms with E-state index in [9.17, 15) is 20.2 Å². The van der Waals surface area contributed by atoms with Crippen LogP contribution in [-0.2, 0) is 13.0 Å². The van der Waals surface area contributed by atoms with E-state index in [-0.39, 0.29) is 34.0 Å². The molecule has 1 aliphatic heterocycles. The number of non-ortho nitro benzene ring substituents is 1. The fourth-order valence-corrected chi connectivity index (χ4v) is 4.36. The van der Waals surface area contributed by atoms with Gasteiger partial charge in [-0.2, -0.15) is 5.26 Å². The minimum Gasteiger partial charge on any atom is -0.493 e. The van der Waals surface area contributed by atoms with E-state index in [1.54, 1.807) is 31.8 Å². The number of aryl methyl sites for hydroxylation is 2. The minimum absolute atomic E-state index is 0.0729. The van der Waals surface area contributed by atoms with Crippen molar-refractivity contribution in [2.45, 2.75) is 25.8 Å². The van der Waals surface area contributed by atoms with Gasteiger partial charge >= 0.3 is 0 Å². The van der Waals surface area contributed by atoms with Gasteiger partial charge in [0.05, 0.1) is 30.6 Å². The van der Waals surface area contributed by atoms with Gasteiger partial charge in [0.15, 0.2) is 11.5 Å². The van der Waals surface area contributed by atoms with Gasteiger partial charge in [-0.05, 0) is 36.6 Å². The smallest absolute Gasteiger partial charge is 0.269 e. The number of pyridine rings is 1. The van der Waals surface area contributed by atoms with Crippen LogP contribution in [0.1, 0.15) is 28.3 Å². The molecule has 3 aromatic rings. The Morgan fingerprint density at radius 3 is 2.44 bits per heavy atom. The van der Waals surface area contributed by atoms with E-state index in [0.29, 0.717) is 35.7 Å². The molecule has 10 heteroatoms. The molecule has 0 spiro atoms. The first kappa shape index (κ1) is 24.3. The zero-order chi connectivity index (χ0) is 26.0. The van der Waals surface area contributed by atoms with Crippen LogP contribution in [-0.4, -0.2) is 23.7 Å². The number of rotatable bonds is 7. The summed E-state index contributed by atoms with van der Waals surface area (Å²) in [5, 5.41) is 20.9. The largest absolute Gasteiger partial charge is 0.493 e. The van der Waals surface area contributed by atoms with Gasteiger partial charge in [-0.3, -0.25) is 14.9 Å². The van der Waals surface area contributed by atoms with Crippen molar-refractivity contribution >= 4 is 5.69 Å². The number of allylic oxidation sites excluding steroid dienone is 1. The maximum Gasteiger partial charge on any atom is 0.269 e. The summed E-state index contributed by atoms with van der Waals surface area (Å²) in [7, 11) is 3.12. The van der Waals surface area contributed by atoms with Crippen LogP contribution >= 0.6 is 0 Å². The van der Waals surface area contributed by atoms with Gasteiger partial charge < -0.3 is 24.5 Å². The molecule has 0 saturated heterocycles. The molecular weight excluding hydrogens is 464 g/mol. The molecule has 0 amide bonds. The second-order valence-corrected chi connectivity index (χ2v) is 8.23. The summed E-state index contributed by atoms with van der Waals surface area (Å²) in [4.78, 5) is 24.3. The number of nitrogens with two attached hydrogens (primary N) is 1. The average Bonchev–Trinajstić information content (AvgIpc) is 2.87. The lowest BCUT2D eigenvalue weighted by Gasteiger charge is -2.27. The van der Waals surface area contributed by atoms with Crippen LogP contribution in [0.3, 0.4) is 0 Å². The normalized spacial score (nSPS) is 14.4. The lowest BCUT2D eigenvalue weighted by molar-refractivity contribution is -0.384. The summed E-state index contributed by atoms with van der Waals surface area (Å²) in [6, 6.07) is 15.0. The zero-order valence-electron chi connectivity index (χ0n) is 20.0. The second kappa shape index (κ2) is 9.84. The number of fused-ring (bicyclic) bond motifs is 1. The van der Waals surface area contributed by atoms with Crippen molar-refractivity contribution in [2.24, 2.45) is 5.73 Å². The molecule has 0 fully saturated rings. The predicted molar refractivity (Wildman–Crippen MR) is 131 cm³/mol. The summed E-state index contributed by atoms with van der Waals surface area (Å²) < 4.78 is 17.9. The molecule has 2 heterocycles. The van der Waals surface area contributed by atoms with Gasteiger partial charge in [-0.25, -0.2) is 0 Å². The van der Waals surface area contributed by atoms with Crippen LogP contribution in [0.5, 0.6) is 17.2 Å². The SMILES string of the molecule is COc1ccc(CCn2c(C)cc3c(c2=O)[C@H](c2ccc([N+](=O)[O-])cc2)C(C#N)=C(N)O3)cc1OC. The van der Waals surface area contributed by atoms with Gasteiger partial charge in [0.25, 0.3) is 11.2 Å². The summed E-state index contributed by atoms with van der Waals surface area (Å²) in [5.74, 6) is 0.547. The number of hydrogen-bond acceptors (Lipinski definition) is 8. The van der Waals surface area contributed by atoms with Crippen molar-refractivity contribution in [1.82, 2.24) is 4.57 Å². The molecule has 4 rings (SSSR count). The Kier molecular flexibility index (Phi) is 6.65. The summed E-state index contributed by atoms with van der Waals surface area (Å²) in [6.07, 6.45) is 0.534. The lowest BCUT2D eigenvalue weighted by atomic mass is 9.84. The van der Waals surface area contributed by atoms with Gasteiger partial charge in [0.1, 0.15) is 17.4 Å². The average molecular weight is 489 g/mol. The fraction of sp³-hybridized carbons (Fsp3) is 0.231. The molecule has 184 valence electrons. The molecule has 0 radical (unpaired) electrons. The molecule has 10 nitrogen and oxygen atoms in total. The Bertz CT molecular complexity index is 1470. The number of aromatic nitrogens is 1. The third-order valence-corrected chi connectivity index (χ3v) is 6.20. The Balaban J connectivity index is 1.76. The van der Waals surface area contributed by atoms with Crippen molar-refractivity contribution in [3.8, 4) is 23.3 Å². The minimum atomic E-state index is -0.819. The summed E-state index contributed by atoms with van der Waals surface area (Å²) in [6.45, 7) is 2.15. The number of nitro benzene ring substituents is 1. The summed E-state index contributed by atoms with van der Waals surface area (Å²) >= 11 is 0. The van der Waals surface area contributed by atoms with Crippen molar-refractivity contribution in [3.63, 3.8) is 0 Å². The first-order valence-corrected chi connectivity index (χ1v) is 11.1. The van der Waals surface area contributed by atoms with E-state index < -0.39 is 10.8 Å². The number of nitro groups is 1. The van der Waals surface area contributed by atoms with Crippen molar-refractivity contribution in [2.75, 3.05) is 14.2 Å². The molecule has 1 atom stereocenters. The molecule has 0 unspecified atom stereocenters. The van der Waals surface area contributed by atoms with E-state index in [0.717, 1.165) is 5.56 Å². The molecule has 2 aromatic carbocycles. The van der Waals surface area contributed by atoms with E-state index in [4.69, 9.17) is 19.9 Å². The van der Waals surface area contributed by atoms with Crippen LogP contribution in [0.4, 0.5) is 5.69 Å².